The van der Waals surface area contributed by atoms with E-state index in [-0.39, 0.29) is 5.95 Å². The predicted octanol–water partition coefficient (Wildman–Crippen LogP) is 1.99. The third-order valence-electron chi connectivity index (χ3n) is 2.66. The van der Waals surface area contributed by atoms with Crippen LogP contribution < -0.4 is 0 Å². The number of rotatable bonds is 1. The van der Waals surface area contributed by atoms with E-state index in [0.29, 0.717) is 5.92 Å². The van der Waals surface area contributed by atoms with Gasteiger partial charge in [0.25, 0.3) is 0 Å². The first-order chi connectivity index (χ1) is 5.79. The van der Waals surface area contributed by atoms with Crippen molar-refractivity contribution in [2.24, 2.45) is 5.92 Å². The van der Waals surface area contributed by atoms with Crippen LogP contribution in [0.5, 0.6) is 0 Å². The van der Waals surface area contributed by atoms with Gasteiger partial charge in [0.05, 0.1) is 6.20 Å². The molecule has 1 aromatic rings. The summed E-state index contributed by atoms with van der Waals surface area (Å²) >= 11 is 0. The molecular formula is C9H13FN2. The van der Waals surface area contributed by atoms with Crippen molar-refractivity contribution in [3.05, 3.63) is 18.0 Å². The molecule has 1 aliphatic heterocycles. The van der Waals surface area contributed by atoms with Crippen LogP contribution in [0, 0.1) is 11.9 Å². The Morgan fingerprint density at radius 2 is 2.58 bits per heavy atom. The van der Waals surface area contributed by atoms with Crippen LogP contribution in [0.1, 0.15) is 25.6 Å². The fraction of sp³-hybridized carbons (Fsp3) is 0.667. The average molecular weight is 168 g/mol. The molecule has 0 N–H and O–H groups in total. The second-order valence-electron chi connectivity index (χ2n) is 3.44. The lowest BCUT2D eigenvalue weighted by Gasteiger charge is -2.21. The molecule has 1 aromatic heterocycles. The Morgan fingerprint density at radius 1 is 1.75 bits per heavy atom. The maximum absolute atomic E-state index is 12.7. The van der Waals surface area contributed by atoms with Crippen LogP contribution in [0.15, 0.2) is 6.20 Å². The lowest BCUT2D eigenvalue weighted by atomic mass is 9.95. The summed E-state index contributed by atoms with van der Waals surface area (Å²) in [5.41, 5.74) is 0. The summed E-state index contributed by atoms with van der Waals surface area (Å²) in [6.45, 7) is 3.12. The quantitative estimate of drug-likeness (QED) is 0.627. The number of hydrogen-bond donors (Lipinski definition) is 0. The number of aromatic nitrogens is 2. The van der Waals surface area contributed by atoms with Crippen LogP contribution in [0.4, 0.5) is 4.39 Å². The van der Waals surface area contributed by atoms with Crippen molar-refractivity contribution in [1.29, 1.82) is 0 Å². The van der Waals surface area contributed by atoms with E-state index in [1.165, 1.54) is 19.0 Å². The van der Waals surface area contributed by atoms with Gasteiger partial charge in [-0.1, -0.05) is 13.3 Å². The summed E-state index contributed by atoms with van der Waals surface area (Å²) in [6, 6.07) is 0. The van der Waals surface area contributed by atoms with Crippen molar-refractivity contribution in [3.8, 4) is 0 Å². The first-order valence-corrected chi connectivity index (χ1v) is 4.51. The number of aryl methyl sites for hydroxylation is 1. The monoisotopic (exact) mass is 168 g/mol. The predicted molar refractivity (Wildman–Crippen MR) is 44.3 cm³/mol. The minimum Gasteiger partial charge on any atom is -0.332 e. The average Bonchev–Trinajstić information content (AvgIpc) is 2.43. The summed E-state index contributed by atoms with van der Waals surface area (Å²) in [6.07, 6.45) is 4.79. The highest BCUT2D eigenvalue weighted by molar-refractivity contribution is 4.98. The van der Waals surface area contributed by atoms with E-state index in [2.05, 4.69) is 11.9 Å². The van der Waals surface area contributed by atoms with Gasteiger partial charge in [-0.05, 0) is 12.3 Å². The van der Waals surface area contributed by atoms with Crippen molar-refractivity contribution in [2.75, 3.05) is 0 Å². The van der Waals surface area contributed by atoms with Gasteiger partial charge in [-0.2, -0.15) is 4.39 Å². The molecule has 2 rings (SSSR count). The van der Waals surface area contributed by atoms with Gasteiger partial charge in [0, 0.05) is 13.0 Å². The molecule has 3 heteroatoms. The SMILES string of the molecule is CCC1CCn2cc(F)nc2C1. The van der Waals surface area contributed by atoms with Gasteiger partial charge in [0.2, 0.25) is 5.95 Å². The van der Waals surface area contributed by atoms with E-state index in [1.54, 1.807) is 0 Å². The molecule has 0 fully saturated rings. The first kappa shape index (κ1) is 7.77. The van der Waals surface area contributed by atoms with Gasteiger partial charge in [0.1, 0.15) is 5.82 Å². The molecule has 2 heterocycles. The maximum atomic E-state index is 12.7. The van der Waals surface area contributed by atoms with Crippen LogP contribution in [-0.2, 0) is 13.0 Å². The van der Waals surface area contributed by atoms with E-state index in [9.17, 15) is 4.39 Å². The van der Waals surface area contributed by atoms with Gasteiger partial charge in [0.15, 0.2) is 0 Å². The fourth-order valence-corrected chi connectivity index (χ4v) is 1.81. The molecule has 0 amide bonds. The Balaban J connectivity index is 2.22. The van der Waals surface area contributed by atoms with E-state index < -0.39 is 0 Å². The zero-order chi connectivity index (χ0) is 8.55. The molecule has 12 heavy (non-hydrogen) atoms. The second-order valence-corrected chi connectivity index (χ2v) is 3.44. The van der Waals surface area contributed by atoms with Gasteiger partial charge in [-0.3, -0.25) is 0 Å². The Kier molecular flexibility index (Phi) is 1.87. The van der Waals surface area contributed by atoms with Gasteiger partial charge >= 0.3 is 0 Å². The van der Waals surface area contributed by atoms with Crippen molar-refractivity contribution in [2.45, 2.75) is 32.7 Å². The summed E-state index contributed by atoms with van der Waals surface area (Å²) in [5.74, 6) is 1.30. The molecule has 0 aliphatic carbocycles. The number of fused-ring (bicyclic) bond motifs is 1. The largest absolute Gasteiger partial charge is 0.332 e. The van der Waals surface area contributed by atoms with Crippen LogP contribution >= 0.6 is 0 Å². The van der Waals surface area contributed by atoms with Crippen molar-refractivity contribution < 1.29 is 4.39 Å². The molecule has 0 aromatic carbocycles. The molecule has 0 radical (unpaired) electrons. The number of halogens is 1. The highest BCUT2D eigenvalue weighted by Crippen LogP contribution is 2.21. The number of hydrogen-bond acceptors (Lipinski definition) is 1. The summed E-state index contributed by atoms with van der Waals surface area (Å²) < 4.78 is 14.6. The van der Waals surface area contributed by atoms with Gasteiger partial charge < -0.3 is 4.57 Å². The topological polar surface area (TPSA) is 17.8 Å². The van der Waals surface area contributed by atoms with Gasteiger partial charge in [-0.25, -0.2) is 4.98 Å². The molecule has 0 bridgehead atoms. The van der Waals surface area contributed by atoms with Crippen LogP contribution in [0.3, 0.4) is 0 Å². The summed E-state index contributed by atoms with van der Waals surface area (Å²) in [4.78, 5) is 3.85. The lowest BCUT2D eigenvalue weighted by Crippen LogP contribution is -2.18. The van der Waals surface area contributed by atoms with E-state index >= 15 is 0 Å². The minimum atomic E-state index is -0.332. The van der Waals surface area contributed by atoms with Crippen LogP contribution in [0.2, 0.25) is 0 Å². The molecular weight excluding hydrogens is 155 g/mol. The normalized spacial score (nSPS) is 22.3. The summed E-state index contributed by atoms with van der Waals surface area (Å²) in [7, 11) is 0. The smallest absolute Gasteiger partial charge is 0.230 e. The number of imidazole rings is 1. The van der Waals surface area contributed by atoms with Crippen molar-refractivity contribution in [3.63, 3.8) is 0 Å². The number of nitrogens with zero attached hydrogens (tertiary/aromatic N) is 2. The maximum Gasteiger partial charge on any atom is 0.230 e. The molecule has 0 saturated carbocycles. The van der Waals surface area contributed by atoms with Crippen molar-refractivity contribution >= 4 is 0 Å². The zero-order valence-electron chi connectivity index (χ0n) is 7.26. The zero-order valence-corrected chi connectivity index (χ0v) is 7.26. The lowest BCUT2D eigenvalue weighted by molar-refractivity contribution is 0.372. The Labute approximate surface area is 71.4 Å². The molecule has 66 valence electrons. The summed E-state index contributed by atoms with van der Waals surface area (Å²) in [5, 5.41) is 0. The minimum absolute atomic E-state index is 0.332. The van der Waals surface area contributed by atoms with Crippen molar-refractivity contribution in [1.82, 2.24) is 9.55 Å². The molecule has 1 aliphatic rings. The highest BCUT2D eigenvalue weighted by Gasteiger charge is 2.18. The molecule has 0 saturated heterocycles. The fourth-order valence-electron chi connectivity index (χ4n) is 1.81. The molecule has 2 nitrogen and oxygen atoms in total. The molecule has 1 atom stereocenters. The highest BCUT2D eigenvalue weighted by atomic mass is 19.1. The van der Waals surface area contributed by atoms with Gasteiger partial charge in [-0.15, -0.1) is 0 Å². The third kappa shape index (κ3) is 1.24. The molecule has 1 unspecified atom stereocenters. The van der Waals surface area contributed by atoms with E-state index in [4.69, 9.17) is 0 Å². The van der Waals surface area contributed by atoms with Crippen LogP contribution in [-0.4, -0.2) is 9.55 Å². The second kappa shape index (κ2) is 2.88. The van der Waals surface area contributed by atoms with E-state index in [0.717, 1.165) is 18.8 Å². The Hall–Kier alpha value is -0.860. The first-order valence-electron chi connectivity index (χ1n) is 4.51. The third-order valence-corrected chi connectivity index (χ3v) is 2.66. The Bertz CT molecular complexity index is 280. The molecule has 0 spiro atoms. The van der Waals surface area contributed by atoms with Crippen LogP contribution in [0.25, 0.3) is 0 Å². The van der Waals surface area contributed by atoms with E-state index in [1.807, 2.05) is 4.57 Å². The standard InChI is InChI=1S/C9H13FN2/c1-2-7-3-4-12-6-8(10)11-9(12)5-7/h6-7H,2-5H2,1H3. The Morgan fingerprint density at radius 3 is 3.33 bits per heavy atom.